The first-order chi connectivity index (χ1) is 6.16. The van der Waals surface area contributed by atoms with Crippen molar-refractivity contribution >= 4 is 11.7 Å². The molecule has 13 heavy (non-hydrogen) atoms. The molecule has 0 radical (unpaired) electrons. The number of fused-ring (bicyclic) bond motifs is 1. The van der Waals surface area contributed by atoms with Crippen LogP contribution in [0.3, 0.4) is 0 Å². The van der Waals surface area contributed by atoms with Crippen LogP contribution in [0.25, 0.3) is 0 Å². The zero-order valence-corrected chi connectivity index (χ0v) is 7.72. The van der Waals surface area contributed by atoms with E-state index in [1.165, 1.54) is 5.56 Å². The van der Waals surface area contributed by atoms with Gasteiger partial charge in [0.1, 0.15) is 0 Å². The largest absolute Gasteiger partial charge is 0.331 e. The van der Waals surface area contributed by atoms with E-state index in [9.17, 15) is 4.79 Å². The normalized spacial score (nSPS) is 20.2. The first-order valence-electron chi connectivity index (χ1n) is 4.35. The van der Waals surface area contributed by atoms with Crippen LogP contribution in [-0.4, -0.2) is 6.03 Å². The van der Waals surface area contributed by atoms with E-state index in [0.717, 1.165) is 11.3 Å². The number of carbonyl (C=O) groups is 1. The van der Waals surface area contributed by atoms with Crippen LogP contribution in [0.2, 0.25) is 0 Å². The van der Waals surface area contributed by atoms with Crippen LogP contribution in [0.4, 0.5) is 10.5 Å². The number of benzene rings is 1. The Balaban J connectivity index is 2.49. The molecule has 0 saturated heterocycles. The number of aryl methyl sites for hydroxylation is 1. The fraction of sp³-hybridized carbons (Fsp3) is 0.300. The molecule has 0 aromatic heterocycles. The van der Waals surface area contributed by atoms with Gasteiger partial charge in [-0.2, -0.15) is 0 Å². The lowest BCUT2D eigenvalue weighted by atomic mass is 10.0. The molecule has 1 aromatic rings. The molecule has 2 rings (SSSR count). The SMILES string of the molecule is Cc1ccc2c(c1)C(C)NC(=O)N2. The monoisotopic (exact) mass is 176 g/mol. The molecule has 2 amide bonds. The fourth-order valence-corrected chi connectivity index (χ4v) is 1.59. The first-order valence-corrected chi connectivity index (χ1v) is 4.35. The quantitative estimate of drug-likeness (QED) is 0.625. The van der Waals surface area contributed by atoms with Gasteiger partial charge in [-0.05, 0) is 25.5 Å². The van der Waals surface area contributed by atoms with Crippen molar-refractivity contribution in [3.8, 4) is 0 Å². The van der Waals surface area contributed by atoms with Gasteiger partial charge in [-0.25, -0.2) is 4.79 Å². The molecular weight excluding hydrogens is 164 g/mol. The van der Waals surface area contributed by atoms with E-state index >= 15 is 0 Å². The molecule has 0 spiro atoms. The van der Waals surface area contributed by atoms with Gasteiger partial charge in [0.15, 0.2) is 0 Å². The summed E-state index contributed by atoms with van der Waals surface area (Å²) in [5.74, 6) is 0. The van der Waals surface area contributed by atoms with Crippen molar-refractivity contribution in [3.63, 3.8) is 0 Å². The van der Waals surface area contributed by atoms with Crippen LogP contribution < -0.4 is 10.6 Å². The summed E-state index contributed by atoms with van der Waals surface area (Å²) < 4.78 is 0. The van der Waals surface area contributed by atoms with Gasteiger partial charge >= 0.3 is 6.03 Å². The zero-order chi connectivity index (χ0) is 9.42. The number of carbonyl (C=O) groups excluding carboxylic acids is 1. The molecular formula is C10H12N2O. The lowest BCUT2D eigenvalue weighted by molar-refractivity contribution is 0.248. The molecule has 3 heteroatoms. The number of rotatable bonds is 0. The van der Waals surface area contributed by atoms with Gasteiger partial charge in [-0.1, -0.05) is 17.7 Å². The topological polar surface area (TPSA) is 41.1 Å². The second-order valence-corrected chi connectivity index (χ2v) is 3.41. The molecule has 1 aromatic carbocycles. The maximum absolute atomic E-state index is 11.1. The predicted molar refractivity (Wildman–Crippen MR) is 51.7 cm³/mol. The van der Waals surface area contributed by atoms with Gasteiger partial charge in [0, 0.05) is 5.69 Å². The highest BCUT2D eigenvalue weighted by molar-refractivity contribution is 5.92. The van der Waals surface area contributed by atoms with Crippen molar-refractivity contribution in [2.24, 2.45) is 0 Å². The highest BCUT2D eigenvalue weighted by atomic mass is 16.2. The van der Waals surface area contributed by atoms with E-state index in [-0.39, 0.29) is 12.1 Å². The van der Waals surface area contributed by atoms with Crippen LogP contribution in [-0.2, 0) is 0 Å². The molecule has 2 N–H and O–H groups in total. The molecule has 0 fully saturated rings. The Morgan fingerprint density at radius 2 is 2.15 bits per heavy atom. The van der Waals surface area contributed by atoms with Crippen molar-refractivity contribution in [2.45, 2.75) is 19.9 Å². The summed E-state index contributed by atoms with van der Waals surface area (Å²) in [5, 5.41) is 5.58. The Morgan fingerprint density at radius 1 is 1.38 bits per heavy atom. The van der Waals surface area contributed by atoms with Crippen LogP contribution in [0.5, 0.6) is 0 Å². The number of urea groups is 1. The van der Waals surface area contributed by atoms with Crippen LogP contribution in [0.15, 0.2) is 18.2 Å². The molecule has 1 atom stereocenters. The molecule has 0 aliphatic carbocycles. The van der Waals surface area contributed by atoms with Crippen LogP contribution in [0, 0.1) is 6.92 Å². The minimum Gasteiger partial charge on any atom is -0.331 e. The first kappa shape index (κ1) is 8.10. The Kier molecular flexibility index (Phi) is 1.72. The Bertz CT molecular complexity index is 360. The Labute approximate surface area is 77.1 Å². The zero-order valence-electron chi connectivity index (χ0n) is 7.72. The lowest BCUT2D eigenvalue weighted by Gasteiger charge is -2.24. The minimum absolute atomic E-state index is 0.101. The molecule has 0 saturated carbocycles. The molecule has 1 aliphatic heterocycles. The molecule has 0 bridgehead atoms. The standard InChI is InChI=1S/C10H12N2O/c1-6-3-4-9-8(5-6)7(2)11-10(13)12-9/h3-5,7H,1-2H3,(H2,11,12,13). The summed E-state index contributed by atoms with van der Waals surface area (Å²) in [4.78, 5) is 11.1. The van der Waals surface area contributed by atoms with E-state index in [4.69, 9.17) is 0 Å². The van der Waals surface area contributed by atoms with Crippen molar-refractivity contribution in [1.82, 2.24) is 5.32 Å². The van der Waals surface area contributed by atoms with Gasteiger partial charge in [0.05, 0.1) is 6.04 Å². The van der Waals surface area contributed by atoms with Gasteiger partial charge < -0.3 is 10.6 Å². The van der Waals surface area contributed by atoms with E-state index in [2.05, 4.69) is 16.7 Å². The highest BCUT2D eigenvalue weighted by Gasteiger charge is 2.19. The highest BCUT2D eigenvalue weighted by Crippen LogP contribution is 2.26. The summed E-state index contributed by atoms with van der Waals surface area (Å²) >= 11 is 0. The summed E-state index contributed by atoms with van der Waals surface area (Å²) in [6.07, 6.45) is 0. The molecule has 3 nitrogen and oxygen atoms in total. The second kappa shape index (κ2) is 2.76. The van der Waals surface area contributed by atoms with Crippen LogP contribution >= 0.6 is 0 Å². The molecule has 1 aliphatic rings. The summed E-state index contributed by atoms with van der Waals surface area (Å²) in [6.45, 7) is 4.03. The van der Waals surface area contributed by atoms with Crippen molar-refractivity contribution in [1.29, 1.82) is 0 Å². The van der Waals surface area contributed by atoms with Crippen molar-refractivity contribution < 1.29 is 4.79 Å². The van der Waals surface area contributed by atoms with Gasteiger partial charge in [0.2, 0.25) is 0 Å². The average Bonchev–Trinajstić information content (AvgIpc) is 2.06. The minimum atomic E-state index is -0.121. The third-order valence-electron chi connectivity index (χ3n) is 2.27. The summed E-state index contributed by atoms with van der Waals surface area (Å²) in [7, 11) is 0. The smallest absolute Gasteiger partial charge is 0.319 e. The Hall–Kier alpha value is -1.51. The molecule has 1 heterocycles. The molecule has 68 valence electrons. The fourth-order valence-electron chi connectivity index (χ4n) is 1.59. The third-order valence-corrected chi connectivity index (χ3v) is 2.27. The lowest BCUT2D eigenvalue weighted by Crippen LogP contribution is -2.36. The third kappa shape index (κ3) is 1.37. The van der Waals surface area contributed by atoms with Crippen LogP contribution in [0.1, 0.15) is 24.1 Å². The predicted octanol–water partition coefficient (Wildman–Crippen LogP) is 2.19. The van der Waals surface area contributed by atoms with Gasteiger partial charge in [-0.3, -0.25) is 0 Å². The summed E-state index contributed by atoms with van der Waals surface area (Å²) in [5.41, 5.74) is 3.28. The number of anilines is 1. The van der Waals surface area contributed by atoms with E-state index in [1.54, 1.807) is 0 Å². The molecule has 1 unspecified atom stereocenters. The maximum Gasteiger partial charge on any atom is 0.319 e. The van der Waals surface area contributed by atoms with Gasteiger partial charge in [0.25, 0.3) is 0 Å². The number of hydrogen-bond acceptors (Lipinski definition) is 1. The average molecular weight is 176 g/mol. The summed E-state index contributed by atoms with van der Waals surface area (Å²) in [6, 6.07) is 6.01. The second-order valence-electron chi connectivity index (χ2n) is 3.41. The number of amides is 2. The van der Waals surface area contributed by atoms with Gasteiger partial charge in [-0.15, -0.1) is 0 Å². The maximum atomic E-state index is 11.1. The number of nitrogens with one attached hydrogen (secondary N) is 2. The van der Waals surface area contributed by atoms with Crippen molar-refractivity contribution in [3.05, 3.63) is 29.3 Å². The van der Waals surface area contributed by atoms with Crippen molar-refractivity contribution in [2.75, 3.05) is 5.32 Å². The number of hydrogen-bond donors (Lipinski definition) is 2. The Morgan fingerprint density at radius 3 is 2.92 bits per heavy atom. The van der Waals surface area contributed by atoms with E-state index < -0.39 is 0 Å². The van der Waals surface area contributed by atoms with E-state index in [0.29, 0.717) is 0 Å². The van der Waals surface area contributed by atoms with E-state index in [1.807, 2.05) is 26.0 Å².